The Morgan fingerprint density at radius 2 is 1.11 bits per heavy atom. The van der Waals surface area contributed by atoms with Crippen molar-refractivity contribution in [2.75, 3.05) is 52.4 Å². The minimum atomic E-state index is -1.12. The highest BCUT2D eigenvalue weighted by molar-refractivity contribution is 5.97. The van der Waals surface area contributed by atoms with Crippen LogP contribution in [0.4, 0.5) is 8.78 Å². The smallest absolute Gasteiger partial charge is 0.329 e. The molecule has 2 aliphatic rings. The zero-order valence-corrected chi connectivity index (χ0v) is 37.4. The van der Waals surface area contributed by atoms with Crippen LogP contribution in [0.15, 0.2) is 139 Å². The van der Waals surface area contributed by atoms with E-state index in [0.717, 1.165) is 12.1 Å². The number of hydrogen-bond donors (Lipinski definition) is 2. The van der Waals surface area contributed by atoms with Crippen LogP contribution in [-0.4, -0.2) is 125 Å². The number of rotatable bonds is 9. The van der Waals surface area contributed by atoms with Crippen LogP contribution in [-0.2, 0) is 6.54 Å². The fourth-order valence-electron chi connectivity index (χ4n) is 9.15. The molecule has 0 spiro atoms. The lowest BCUT2D eigenvalue weighted by Crippen LogP contribution is -2.50. The predicted octanol–water partition coefficient (Wildman–Crippen LogP) is 3.24. The normalized spacial score (nSPS) is 14.5. The number of hydrogen-bond acceptors (Lipinski definition) is 11. The van der Waals surface area contributed by atoms with Crippen LogP contribution in [0.1, 0.15) is 64.5 Å². The molecule has 358 valence electrons. The molecule has 19 nitrogen and oxygen atoms in total. The molecular weight excluding hydrogens is 923 g/mol. The number of nitrogens with zero attached hydrogens (tertiary/aromatic N) is 8. The third kappa shape index (κ3) is 8.68. The van der Waals surface area contributed by atoms with Crippen molar-refractivity contribution >= 4 is 45.4 Å². The van der Waals surface area contributed by atoms with Crippen LogP contribution in [0, 0.1) is 11.6 Å². The molecule has 2 saturated heterocycles. The number of nitrogens with one attached hydrogen (secondary N) is 2. The molecule has 4 aromatic carbocycles. The maximum Gasteiger partial charge on any atom is 0.329 e. The summed E-state index contributed by atoms with van der Waals surface area (Å²) in [4.78, 5) is 121. The molecule has 0 radical (unpaired) electrons. The molecule has 0 bridgehead atoms. The minimum absolute atomic E-state index is 0.0191. The molecular formula is C50H40F2N10O9. The Hall–Kier alpha value is -9.14. The first kappa shape index (κ1) is 45.6. The van der Waals surface area contributed by atoms with Crippen LogP contribution >= 0.6 is 0 Å². The number of carbonyl (C=O) groups excluding carboxylic acids is 4. The predicted molar refractivity (Wildman–Crippen MR) is 251 cm³/mol. The Morgan fingerprint density at radius 3 is 1.72 bits per heavy atom. The molecule has 2 aliphatic heterocycles. The summed E-state index contributed by atoms with van der Waals surface area (Å²) in [7, 11) is 0. The Kier molecular flexibility index (Phi) is 12.0. The molecule has 2 fully saturated rings. The SMILES string of the molecule is O=C(c1ccc(C(c2ccc(F)c(C(=O)N3CCN(C(=O)c4ccno4)CC3)c2)n2c(=O)[nH]c(=O)c3ccccc32)cn1)N1CCN(C(=O)c2cc(Cn3c(=O)[nH]c(=O)c4ccccc43)ccc2F)CC1. The van der Waals surface area contributed by atoms with E-state index in [9.17, 15) is 38.4 Å². The van der Waals surface area contributed by atoms with E-state index in [1.807, 2.05) is 0 Å². The van der Waals surface area contributed by atoms with Crippen LogP contribution < -0.4 is 22.5 Å². The Bertz CT molecular complexity index is 3670. The maximum absolute atomic E-state index is 15.7. The van der Waals surface area contributed by atoms with Gasteiger partial charge in [0.2, 0.25) is 5.76 Å². The topological polar surface area (TPSA) is 230 Å². The van der Waals surface area contributed by atoms with Gasteiger partial charge in [0.25, 0.3) is 34.7 Å². The largest absolute Gasteiger partial charge is 0.351 e. The highest BCUT2D eigenvalue weighted by atomic mass is 19.1. The van der Waals surface area contributed by atoms with E-state index in [-0.39, 0.29) is 98.0 Å². The molecule has 8 aromatic rings. The van der Waals surface area contributed by atoms with Gasteiger partial charge < -0.3 is 24.1 Å². The van der Waals surface area contributed by atoms with Crippen molar-refractivity contribution in [3.8, 4) is 0 Å². The van der Waals surface area contributed by atoms with Crippen molar-refractivity contribution in [2.45, 2.75) is 12.6 Å². The van der Waals surface area contributed by atoms with Crippen LogP contribution in [0.2, 0.25) is 0 Å². The number of carbonyl (C=O) groups is 4. The first-order valence-corrected chi connectivity index (χ1v) is 22.4. The molecule has 4 amide bonds. The third-order valence-corrected chi connectivity index (χ3v) is 12.8. The lowest BCUT2D eigenvalue weighted by molar-refractivity contribution is 0.0510. The van der Waals surface area contributed by atoms with Gasteiger partial charge in [-0.3, -0.25) is 52.9 Å². The van der Waals surface area contributed by atoms with Gasteiger partial charge in [-0.25, -0.2) is 18.4 Å². The molecule has 0 saturated carbocycles. The van der Waals surface area contributed by atoms with Crippen LogP contribution in [0.3, 0.4) is 0 Å². The molecule has 1 atom stereocenters. The zero-order chi connectivity index (χ0) is 49.5. The van der Waals surface area contributed by atoms with Crippen molar-refractivity contribution in [2.24, 2.45) is 0 Å². The number of H-pyrrole nitrogens is 2. The molecule has 1 unspecified atom stereocenters. The van der Waals surface area contributed by atoms with E-state index in [1.165, 1.54) is 83.6 Å². The Labute approximate surface area is 398 Å². The summed E-state index contributed by atoms with van der Waals surface area (Å²) >= 11 is 0. The van der Waals surface area contributed by atoms with Gasteiger partial charge in [-0.15, -0.1) is 0 Å². The van der Waals surface area contributed by atoms with E-state index >= 15 is 8.78 Å². The fourth-order valence-corrected chi connectivity index (χ4v) is 9.15. The monoisotopic (exact) mass is 962 g/mol. The summed E-state index contributed by atoms with van der Waals surface area (Å²) in [6, 6.07) is 24.1. The average molecular weight is 963 g/mol. The second-order valence-electron chi connectivity index (χ2n) is 17.0. The number of aromatic nitrogens is 6. The second-order valence-corrected chi connectivity index (χ2v) is 17.0. The van der Waals surface area contributed by atoms with Crippen molar-refractivity contribution < 1.29 is 32.5 Å². The first-order valence-electron chi connectivity index (χ1n) is 22.4. The van der Waals surface area contributed by atoms with E-state index in [2.05, 4.69) is 20.1 Å². The second kappa shape index (κ2) is 18.7. The number of pyridine rings is 1. The van der Waals surface area contributed by atoms with Crippen LogP contribution in [0.25, 0.3) is 21.8 Å². The number of halogens is 2. The van der Waals surface area contributed by atoms with Gasteiger partial charge in [0.15, 0.2) is 0 Å². The summed E-state index contributed by atoms with van der Waals surface area (Å²) in [6.07, 6.45) is 2.72. The molecule has 21 heteroatoms. The number of para-hydroxylation sites is 2. The van der Waals surface area contributed by atoms with Crippen molar-refractivity contribution in [1.29, 1.82) is 0 Å². The molecule has 10 rings (SSSR count). The lowest BCUT2D eigenvalue weighted by atomic mass is 9.96. The summed E-state index contributed by atoms with van der Waals surface area (Å²) in [5.74, 6) is -3.68. The number of fused-ring (bicyclic) bond motifs is 2. The van der Waals surface area contributed by atoms with E-state index < -0.39 is 63.8 Å². The summed E-state index contributed by atoms with van der Waals surface area (Å²) < 4.78 is 38.6. The van der Waals surface area contributed by atoms with E-state index in [4.69, 9.17) is 4.52 Å². The van der Waals surface area contributed by atoms with Gasteiger partial charge in [0, 0.05) is 64.6 Å². The number of amides is 4. The number of piperazine rings is 2. The standard InChI is InChI=1S/C50H40F2N10O9/c51-36-12-9-29(28-61-39-7-3-1-5-32(39)43(63)55-49(61)69)25-34(36)45(65)57-17-21-59(22-18-57)47(67)38-14-11-31(27-53-38)42(62-40-8-4-2-6-33(40)44(64)56-50(62)70)30-10-13-37(52)35(26-30)46(66)58-19-23-60(24-20-58)48(68)41-15-16-54-71-41/h1-16,25-27,42H,17-24,28H2,(H,55,63,69)(H,56,64,70). The van der Waals surface area contributed by atoms with Crippen LogP contribution in [0.5, 0.6) is 0 Å². The van der Waals surface area contributed by atoms with Crippen molar-refractivity contribution in [3.05, 3.63) is 208 Å². The van der Waals surface area contributed by atoms with Gasteiger partial charge in [-0.1, -0.05) is 47.6 Å². The quantitative estimate of drug-likeness (QED) is 0.213. The molecule has 2 N–H and O–H groups in total. The molecule has 71 heavy (non-hydrogen) atoms. The lowest BCUT2D eigenvalue weighted by Gasteiger charge is -2.34. The fraction of sp³-hybridized carbons (Fsp3) is 0.200. The van der Waals surface area contributed by atoms with Gasteiger partial charge in [0.1, 0.15) is 17.3 Å². The van der Waals surface area contributed by atoms with Crippen molar-refractivity contribution in [1.82, 2.24) is 48.8 Å². The summed E-state index contributed by atoms with van der Waals surface area (Å²) in [5, 5.41) is 4.04. The summed E-state index contributed by atoms with van der Waals surface area (Å²) in [6.45, 7) is 0.709. The van der Waals surface area contributed by atoms with Gasteiger partial charge >= 0.3 is 11.4 Å². The average Bonchev–Trinajstić information content (AvgIpc) is 3.95. The number of benzene rings is 4. The Balaban J connectivity index is 0.875. The molecule has 4 aromatic heterocycles. The van der Waals surface area contributed by atoms with E-state index in [1.54, 1.807) is 48.5 Å². The Morgan fingerprint density at radius 1 is 0.577 bits per heavy atom. The molecule has 0 aliphatic carbocycles. The first-order chi connectivity index (χ1) is 34.3. The highest BCUT2D eigenvalue weighted by Gasteiger charge is 2.32. The highest BCUT2D eigenvalue weighted by Crippen LogP contribution is 2.30. The minimum Gasteiger partial charge on any atom is -0.351 e. The van der Waals surface area contributed by atoms with Gasteiger partial charge in [-0.05, 0) is 71.3 Å². The summed E-state index contributed by atoms with van der Waals surface area (Å²) in [5.41, 5.74) is -1.48. The van der Waals surface area contributed by atoms with Gasteiger partial charge in [0.05, 0.1) is 51.7 Å². The maximum atomic E-state index is 15.7. The van der Waals surface area contributed by atoms with Crippen molar-refractivity contribution in [3.63, 3.8) is 0 Å². The number of aromatic amines is 2. The molecule has 6 heterocycles. The zero-order valence-electron chi connectivity index (χ0n) is 37.4. The third-order valence-electron chi connectivity index (χ3n) is 12.8. The van der Waals surface area contributed by atoms with E-state index in [0.29, 0.717) is 22.0 Å². The van der Waals surface area contributed by atoms with Gasteiger partial charge in [-0.2, -0.15) is 0 Å².